The van der Waals surface area contributed by atoms with Crippen LogP contribution >= 0.6 is 0 Å². The minimum absolute atomic E-state index is 0.659. The zero-order chi connectivity index (χ0) is 9.80. The van der Waals surface area contributed by atoms with E-state index >= 15 is 0 Å². The van der Waals surface area contributed by atoms with Gasteiger partial charge in [0.2, 0.25) is 0 Å². The van der Waals surface area contributed by atoms with Crippen LogP contribution in [0.3, 0.4) is 0 Å². The molecule has 0 radical (unpaired) electrons. The molecule has 0 aromatic carbocycles. The molecule has 0 bridgehead atoms. The second-order valence-corrected chi connectivity index (χ2v) is 4.73. The number of rotatable bonds is 3. The first-order valence-corrected chi connectivity index (χ1v) is 5.97. The molecule has 0 spiro atoms. The fraction of sp³-hybridized carbons (Fsp3) is 0.833. The van der Waals surface area contributed by atoms with Gasteiger partial charge in [-0.25, -0.2) is 0 Å². The molecule has 1 saturated carbocycles. The maximum absolute atomic E-state index is 3.52. The third-order valence-electron chi connectivity index (χ3n) is 3.07. The molecule has 0 amide bonds. The zero-order valence-electron chi connectivity index (χ0n) is 9.21. The smallest absolute Gasteiger partial charge is 0.0166 e. The SMILES string of the molecule is CC1CN(C/C=C/C2CC2)CCCN1. The first-order chi connectivity index (χ1) is 6.84. The molecule has 0 aromatic rings. The van der Waals surface area contributed by atoms with Gasteiger partial charge in [0.15, 0.2) is 0 Å². The highest BCUT2D eigenvalue weighted by molar-refractivity contribution is 4.97. The standard InChI is InChI=1S/C12H22N2/c1-11-10-14(9-3-7-13-11)8-2-4-12-5-6-12/h2,4,11-13H,3,5-10H2,1H3/b4-2+. The molecule has 1 N–H and O–H groups in total. The highest BCUT2D eigenvalue weighted by atomic mass is 15.2. The average molecular weight is 194 g/mol. The molecule has 0 aromatic heterocycles. The van der Waals surface area contributed by atoms with E-state index in [0.29, 0.717) is 6.04 Å². The highest BCUT2D eigenvalue weighted by Crippen LogP contribution is 2.29. The van der Waals surface area contributed by atoms with Gasteiger partial charge < -0.3 is 5.32 Å². The average Bonchev–Trinajstić information content (AvgIpc) is 2.94. The lowest BCUT2D eigenvalue weighted by Crippen LogP contribution is -2.35. The van der Waals surface area contributed by atoms with Crippen molar-refractivity contribution in [2.45, 2.75) is 32.2 Å². The third kappa shape index (κ3) is 3.43. The van der Waals surface area contributed by atoms with Crippen molar-refractivity contribution < 1.29 is 0 Å². The summed E-state index contributed by atoms with van der Waals surface area (Å²) in [4.78, 5) is 2.56. The summed E-state index contributed by atoms with van der Waals surface area (Å²) in [5.41, 5.74) is 0. The maximum Gasteiger partial charge on any atom is 0.0166 e. The van der Waals surface area contributed by atoms with Crippen LogP contribution in [0.1, 0.15) is 26.2 Å². The summed E-state index contributed by atoms with van der Waals surface area (Å²) in [5.74, 6) is 0.928. The molecule has 2 fully saturated rings. The fourth-order valence-corrected chi connectivity index (χ4v) is 2.05. The Morgan fingerprint density at radius 2 is 2.29 bits per heavy atom. The summed E-state index contributed by atoms with van der Waals surface area (Å²) in [6.45, 7) is 7.08. The molecule has 1 aliphatic heterocycles. The van der Waals surface area contributed by atoms with Gasteiger partial charge in [-0.05, 0) is 45.2 Å². The van der Waals surface area contributed by atoms with Crippen molar-refractivity contribution in [1.29, 1.82) is 0 Å². The zero-order valence-corrected chi connectivity index (χ0v) is 9.21. The van der Waals surface area contributed by atoms with Crippen LogP contribution in [-0.2, 0) is 0 Å². The molecule has 2 nitrogen and oxygen atoms in total. The number of nitrogens with zero attached hydrogens (tertiary/aromatic N) is 1. The molecule has 2 rings (SSSR count). The van der Waals surface area contributed by atoms with Crippen molar-refractivity contribution in [1.82, 2.24) is 10.2 Å². The molecule has 14 heavy (non-hydrogen) atoms. The first-order valence-electron chi connectivity index (χ1n) is 5.97. The number of allylic oxidation sites excluding steroid dienone is 1. The van der Waals surface area contributed by atoms with Crippen LogP contribution in [0.2, 0.25) is 0 Å². The van der Waals surface area contributed by atoms with Crippen LogP contribution in [0.15, 0.2) is 12.2 Å². The Kier molecular flexibility index (Phi) is 3.60. The highest BCUT2D eigenvalue weighted by Gasteiger charge is 2.17. The van der Waals surface area contributed by atoms with E-state index in [1.807, 2.05) is 0 Å². The second kappa shape index (κ2) is 4.94. The summed E-state index contributed by atoms with van der Waals surface area (Å²) in [6, 6.07) is 0.659. The van der Waals surface area contributed by atoms with Crippen molar-refractivity contribution >= 4 is 0 Å². The van der Waals surface area contributed by atoms with Gasteiger partial charge in [0.25, 0.3) is 0 Å². The Balaban J connectivity index is 1.71. The Morgan fingerprint density at radius 1 is 1.43 bits per heavy atom. The van der Waals surface area contributed by atoms with Gasteiger partial charge in [-0.3, -0.25) is 4.90 Å². The second-order valence-electron chi connectivity index (χ2n) is 4.73. The van der Waals surface area contributed by atoms with E-state index < -0.39 is 0 Å². The summed E-state index contributed by atoms with van der Waals surface area (Å²) < 4.78 is 0. The van der Waals surface area contributed by atoms with E-state index in [0.717, 1.165) is 12.5 Å². The van der Waals surface area contributed by atoms with Crippen LogP contribution < -0.4 is 5.32 Å². The Morgan fingerprint density at radius 3 is 3.07 bits per heavy atom. The van der Waals surface area contributed by atoms with Crippen LogP contribution in [0, 0.1) is 5.92 Å². The van der Waals surface area contributed by atoms with Crippen molar-refractivity contribution in [3.8, 4) is 0 Å². The van der Waals surface area contributed by atoms with E-state index in [-0.39, 0.29) is 0 Å². The Labute approximate surface area is 87.4 Å². The van der Waals surface area contributed by atoms with Crippen LogP contribution in [-0.4, -0.2) is 37.1 Å². The van der Waals surface area contributed by atoms with Crippen molar-refractivity contribution in [2.75, 3.05) is 26.2 Å². The molecule has 1 saturated heterocycles. The largest absolute Gasteiger partial charge is 0.313 e. The van der Waals surface area contributed by atoms with Gasteiger partial charge in [-0.2, -0.15) is 0 Å². The summed E-state index contributed by atoms with van der Waals surface area (Å²) in [7, 11) is 0. The molecular formula is C12H22N2. The number of hydrogen-bond acceptors (Lipinski definition) is 2. The van der Waals surface area contributed by atoms with Gasteiger partial charge in [0.1, 0.15) is 0 Å². The van der Waals surface area contributed by atoms with E-state index in [2.05, 4.69) is 29.3 Å². The van der Waals surface area contributed by atoms with Crippen LogP contribution in [0.25, 0.3) is 0 Å². The topological polar surface area (TPSA) is 15.3 Å². The predicted molar refractivity (Wildman–Crippen MR) is 60.4 cm³/mol. The van der Waals surface area contributed by atoms with E-state index in [1.165, 1.54) is 38.9 Å². The molecular weight excluding hydrogens is 172 g/mol. The van der Waals surface area contributed by atoms with Crippen LogP contribution in [0.4, 0.5) is 0 Å². The minimum atomic E-state index is 0.659. The fourth-order valence-electron chi connectivity index (χ4n) is 2.05. The summed E-state index contributed by atoms with van der Waals surface area (Å²) in [6.07, 6.45) is 8.92. The van der Waals surface area contributed by atoms with Gasteiger partial charge >= 0.3 is 0 Å². The Hall–Kier alpha value is -0.340. The van der Waals surface area contributed by atoms with Gasteiger partial charge in [0, 0.05) is 19.1 Å². The minimum Gasteiger partial charge on any atom is -0.313 e. The molecule has 1 unspecified atom stereocenters. The lowest BCUT2D eigenvalue weighted by atomic mass is 10.3. The molecule has 1 aliphatic carbocycles. The van der Waals surface area contributed by atoms with E-state index in [4.69, 9.17) is 0 Å². The molecule has 1 heterocycles. The molecule has 80 valence electrons. The normalized spacial score (nSPS) is 30.8. The lowest BCUT2D eigenvalue weighted by molar-refractivity contribution is 0.301. The predicted octanol–water partition coefficient (Wildman–Crippen LogP) is 1.64. The molecule has 1 atom stereocenters. The van der Waals surface area contributed by atoms with E-state index in [1.54, 1.807) is 0 Å². The van der Waals surface area contributed by atoms with Crippen molar-refractivity contribution in [3.05, 3.63) is 12.2 Å². The van der Waals surface area contributed by atoms with Gasteiger partial charge in [-0.1, -0.05) is 12.2 Å². The van der Waals surface area contributed by atoms with Gasteiger partial charge in [0.05, 0.1) is 0 Å². The lowest BCUT2D eigenvalue weighted by Gasteiger charge is -2.20. The Bertz CT molecular complexity index is 196. The molecule has 2 aliphatic rings. The third-order valence-corrected chi connectivity index (χ3v) is 3.07. The number of hydrogen-bond donors (Lipinski definition) is 1. The van der Waals surface area contributed by atoms with Crippen molar-refractivity contribution in [3.63, 3.8) is 0 Å². The quantitative estimate of drug-likeness (QED) is 0.687. The summed E-state index contributed by atoms with van der Waals surface area (Å²) >= 11 is 0. The van der Waals surface area contributed by atoms with Crippen molar-refractivity contribution in [2.24, 2.45) is 5.92 Å². The first kappa shape index (κ1) is 10.2. The molecule has 2 heteroatoms. The number of nitrogens with one attached hydrogen (secondary N) is 1. The maximum atomic E-state index is 3.52. The van der Waals surface area contributed by atoms with Gasteiger partial charge in [-0.15, -0.1) is 0 Å². The summed E-state index contributed by atoms with van der Waals surface area (Å²) in [5, 5.41) is 3.52. The monoisotopic (exact) mass is 194 g/mol. The van der Waals surface area contributed by atoms with E-state index in [9.17, 15) is 0 Å². The van der Waals surface area contributed by atoms with Crippen LogP contribution in [0.5, 0.6) is 0 Å².